The Morgan fingerprint density at radius 3 is 2.82 bits per heavy atom. The van der Waals surface area contributed by atoms with Crippen LogP contribution in [0.1, 0.15) is 30.9 Å². The second-order valence-electron chi connectivity index (χ2n) is 7.30. The maximum absolute atomic E-state index is 11.8. The van der Waals surface area contributed by atoms with Crippen LogP contribution in [0.5, 0.6) is 5.75 Å². The fourth-order valence-corrected chi connectivity index (χ4v) is 4.08. The first-order chi connectivity index (χ1) is 13.6. The highest BCUT2D eigenvalue weighted by Crippen LogP contribution is 2.34. The van der Waals surface area contributed by atoms with Gasteiger partial charge in [-0.15, -0.1) is 0 Å². The van der Waals surface area contributed by atoms with E-state index in [1.54, 1.807) is 0 Å². The molecule has 0 N–H and O–H groups in total. The first-order valence-electron chi connectivity index (χ1n) is 9.77. The highest BCUT2D eigenvalue weighted by molar-refractivity contribution is 9.10. The zero-order valence-corrected chi connectivity index (χ0v) is 17.6. The minimum atomic E-state index is -0.236. The van der Waals surface area contributed by atoms with Crippen molar-refractivity contribution in [2.24, 2.45) is 5.92 Å². The van der Waals surface area contributed by atoms with Crippen molar-refractivity contribution in [1.82, 2.24) is 4.57 Å². The summed E-state index contributed by atoms with van der Waals surface area (Å²) in [6.45, 7) is 3.73. The molecule has 28 heavy (non-hydrogen) atoms. The molecule has 1 fully saturated rings. The Balaban J connectivity index is 1.52. The van der Waals surface area contributed by atoms with Crippen LogP contribution in [-0.4, -0.2) is 17.1 Å². The SMILES string of the molecule is CCOC(=O)Cc1ccccc1OCc1cc(Br)c2ccn(CC3CC3)c2c1. The van der Waals surface area contributed by atoms with Gasteiger partial charge in [-0.3, -0.25) is 4.79 Å². The highest BCUT2D eigenvalue weighted by atomic mass is 79.9. The Bertz CT molecular complexity index is 991. The molecule has 0 atom stereocenters. The third-order valence-corrected chi connectivity index (χ3v) is 5.71. The minimum absolute atomic E-state index is 0.219. The molecule has 0 spiro atoms. The van der Waals surface area contributed by atoms with Crippen LogP contribution < -0.4 is 4.74 Å². The number of fused-ring (bicyclic) bond motifs is 1. The average molecular weight is 442 g/mol. The second-order valence-corrected chi connectivity index (χ2v) is 8.15. The molecule has 1 aliphatic rings. The van der Waals surface area contributed by atoms with Crippen molar-refractivity contribution in [3.05, 3.63) is 64.3 Å². The number of benzene rings is 2. The monoisotopic (exact) mass is 441 g/mol. The summed E-state index contributed by atoms with van der Waals surface area (Å²) >= 11 is 3.70. The number of halogens is 1. The Morgan fingerprint density at radius 2 is 2.04 bits per heavy atom. The highest BCUT2D eigenvalue weighted by Gasteiger charge is 2.22. The molecule has 0 aliphatic heterocycles. The molecule has 146 valence electrons. The largest absolute Gasteiger partial charge is 0.489 e. The summed E-state index contributed by atoms with van der Waals surface area (Å²) in [5.41, 5.74) is 3.18. The van der Waals surface area contributed by atoms with Crippen LogP contribution in [0.4, 0.5) is 0 Å². The van der Waals surface area contributed by atoms with Crippen LogP contribution >= 0.6 is 15.9 Å². The lowest BCUT2D eigenvalue weighted by molar-refractivity contribution is -0.142. The van der Waals surface area contributed by atoms with Crippen molar-refractivity contribution in [3.63, 3.8) is 0 Å². The van der Waals surface area contributed by atoms with E-state index >= 15 is 0 Å². The number of carbonyl (C=O) groups is 1. The summed E-state index contributed by atoms with van der Waals surface area (Å²) in [5, 5.41) is 1.23. The van der Waals surface area contributed by atoms with Gasteiger partial charge >= 0.3 is 5.97 Å². The average Bonchev–Trinajstić information content (AvgIpc) is 3.40. The number of aromatic nitrogens is 1. The molecule has 0 radical (unpaired) electrons. The molecule has 0 amide bonds. The van der Waals surface area contributed by atoms with Gasteiger partial charge in [-0.25, -0.2) is 0 Å². The summed E-state index contributed by atoms with van der Waals surface area (Å²) < 4.78 is 14.6. The van der Waals surface area contributed by atoms with Gasteiger partial charge in [0.05, 0.1) is 13.0 Å². The third-order valence-electron chi connectivity index (χ3n) is 5.06. The van der Waals surface area contributed by atoms with E-state index in [4.69, 9.17) is 9.47 Å². The van der Waals surface area contributed by atoms with Gasteiger partial charge in [0.15, 0.2) is 0 Å². The number of esters is 1. The van der Waals surface area contributed by atoms with Crippen LogP contribution in [0, 0.1) is 5.92 Å². The van der Waals surface area contributed by atoms with Crippen molar-refractivity contribution < 1.29 is 14.3 Å². The van der Waals surface area contributed by atoms with Gasteiger partial charge in [-0.2, -0.15) is 0 Å². The van der Waals surface area contributed by atoms with Crippen LogP contribution in [0.3, 0.4) is 0 Å². The lowest BCUT2D eigenvalue weighted by Crippen LogP contribution is -2.09. The van der Waals surface area contributed by atoms with Gasteiger partial charge in [0, 0.05) is 33.7 Å². The van der Waals surface area contributed by atoms with E-state index in [0.717, 1.165) is 33.8 Å². The van der Waals surface area contributed by atoms with E-state index in [0.29, 0.717) is 13.2 Å². The van der Waals surface area contributed by atoms with Gasteiger partial charge in [0.25, 0.3) is 0 Å². The maximum atomic E-state index is 11.8. The molecule has 4 rings (SSSR count). The quantitative estimate of drug-likeness (QED) is 0.433. The molecule has 0 bridgehead atoms. The van der Waals surface area contributed by atoms with E-state index in [1.165, 1.54) is 23.7 Å². The summed E-state index contributed by atoms with van der Waals surface area (Å²) in [6, 6.07) is 14.1. The minimum Gasteiger partial charge on any atom is -0.489 e. The van der Waals surface area contributed by atoms with Gasteiger partial charge in [-0.1, -0.05) is 34.1 Å². The van der Waals surface area contributed by atoms with Crippen LogP contribution in [0.2, 0.25) is 0 Å². The molecule has 1 aliphatic carbocycles. The molecule has 4 nitrogen and oxygen atoms in total. The molecule has 5 heteroatoms. The molecule has 1 saturated carbocycles. The summed E-state index contributed by atoms with van der Waals surface area (Å²) in [5.74, 6) is 1.31. The van der Waals surface area contributed by atoms with Crippen molar-refractivity contribution in [2.45, 2.75) is 39.3 Å². The molecule has 2 aromatic carbocycles. The van der Waals surface area contributed by atoms with Crippen molar-refractivity contribution in [1.29, 1.82) is 0 Å². The molecule has 0 saturated heterocycles. The van der Waals surface area contributed by atoms with E-state index in [9.17, 15) is 4.79 Å². The summed E-state index contributed by atoms with van der Waals surface area (Å²) in [6.07, 6.45) is 5.06. The first-order valence-corrected chi connectivity index (χ1v) is 10.6. The molecule has 1 aromatic heterocycles. The lowest BCUT2D eigenvalue weighted by Gasteiger charge is -2.12. The second kappa shape index (κ2) is 8.39. The van der Waals surface area contributed by atoms with Gasteiger partial charge in [0.2, 0.25) is 0 Å². The van der Waals surface area contributed by atoms with Gasteiger partial charge in [0.1, 0.15) is 12.4 Å². The molecule has 3 aromatic rings. The Kier molecular flexibility index (Phi) is 5.72. The van der Waals surface area contributed by atoms with Gasteiger partial charge in [-0.05, 0) is 55.5 Å². The normalized spacial score (nSPS) is 13.6. The van der Waals surface area contributed by atoms with E-state index in [2.05, 4.69) is 44.9 Å². The van der Waals surface area contributed by atoms with E-state index < -0.39 is 0 Å². The number of para-hydroxylation sites is 1. The first kappa shape index (κ1) is 19.1. The van der Waals surface area contributed by atoms with E-state index in [-0.39, 0.29) is 12.4 Å². The Labute approximate surface area is 173 Å². The zero-order chi connectivity index (χ0) is 19.5. The predicted octanol–water partition coefficient (Wildman–Crippen LogP) is 5.50. The number of hydrogen-bond acceptors (Lipinski definition) is 3. The molecule has 1 heterocycles. The fourth-order valence-electron chi connectivity index (χ4n) is 3.45. The van der Waals surface area contributed by atoms with Crippen molar-refractivity contribution in [2.75, 3.05) is 6.61 Å². The summed E-state index contributed by atoms with van der Waals surface area (Å²) in [7, 11) is 0. The number of hydrogen-bond donors (Lipinski definition) is 0. The maximum Gasteiger partial charge on any atom is 0.310 e. The molecular formula is C23H24BrNO3. The standard InChI is InChI=1S/C23H24BrNO3/c1-2-27-23(26)13-18-5-3-4-6-22(18)28-15-17-11-20(24)19-9-10-25(21(19)12-17)14-16-7-8-16/h3-6,9-12,16H,2,7-8,13-15H2,1H3. The van der Waals surface area contributed by atoms with Crippen LogP contribution in [0.25, 0.3) is 10.9 Å². The Morgan fingerprint density at radius 1 is 1.21 bits per heavy atom. The van der Waals surface area contributed by atoms with Crippen molar-refractivity contribution >= 4 is 32.8 Å². The molecule has 0 unspecified atom stereocenters. The smallest absolute Gasteiger partial charge is 0.310 e. The zero-order valence-electron chi connectivity index (χ0n) is 16.0. The van der Waals surface area contributed by atoms with E-state index in [1.807, 2.05) is 31.2 Å². The number of ether oxygens (including phenoxy) is 2. The third kappa shape index (κ3) is 4.41. The number of carbonyl (C=O) groups excluding carboxylic acids is 1. The van der Waals surface area contributed by atoms with Crippen LogP contribution in [0.15, 0.2) is 53.1 Å². The topological polar surface area (TPSA) is 40.5 Å². The predicted molar refractivity (Wildman–Crippen MR) is 113 cm³/mol. The summed E-state index contributed by atoms with van der Waals surface area (Å²) in [4.78, 5) is 11.8. The van der Waals surface area contributed by atoms with Gasteiger partial charge < -0.3 is 14.0 Å². The number of nitrogens with zero attached hydrogens (tertiary/aromatic N) is 1. The Hall–Kier alpha value is -2.27. The molecular weight excluding hydrogens is 418 g/mol. The fraction of sp³-hybridized carbons (Fsp3) is 0.348. The lowest BCUT2D eigenvalue weighted by atomic mass is 10.1. The van der Waals surface area contributed by atoms with Crippen molar-refractivity contribution in [3.8, 4) is 5.75 Å². The number of rotatable bonds is 8. The van der Waals surface area contributed by atoms with Crippen LogP contribution in [-0.2, 0) is 29.1 Å².